The lowest BCUT2D eigenvalue weighted by molar-refractivity contribution is -0.139. The quantitative estimate of drug-likeness (QED) is 0.562. The van der Waals surface area contributed by atoms with Crippen LogP contribution >= 0.6 is 0 Å². The summed E-state index contributed by atoms with van der Waals surface area (Å²) < 4.78 is 6.59. The molecular weight excluding hydrogens is 276 g/mol. The Bertz CT molecular complexity index is 461. The normalized spacial score (nSPS) is 11.9. The van der Waals surface area contributed by atoms with Crippen molar-refractivity contribution in [2.24, 2.45) is 7.05 Å². The number of aromatic nitrogens is 2. The first-order valence-corrected chi connectivity index (χ1v) is 6.77. The van der Waals surface area contributed by atoms with Crippen LogP contribution in [0.15, 0.2) is 12.3 Å². The number of aliphatic carboxylic acids is 1. The molecule has 0 radical (unpaired) electrons. The topological polar surface area (TPSA) is 105 Å². The van der Waals surface area contributed by atoms with Gasteiger partial charge in [0.1, 0.15) is 6.04 Å². The van der Waals surface area contributed by atoms with E-state index in [1.54, 1.807) is 18.0 Å². The van der Waals surface area contributed by atoms with E-state index in [1.165, 1.54) is 0 Å². The van der Waals surface area contributed by atoms with Gasteiger partial charge in [-0.2, -0.15) is 5.10 Å². The lowest BCUT2D eigenvalue weighted by Gasteiger charge is -2.15. The fourth-order valence-corrected chi connectivity index (χ4v) is 1.85. The number of hydrogen-bond donors (Lipinski definition) is 3. The zero-order valence-electron chi connectivity index (χ0n) is 12.3. The van der Waals surface area contributed by atoms with Crippen molar-refractivity contribution in [2.45, 2.75) is 25.3 Å². The summed E-state index contributed by atoms with van der Waals surface area (Å²) in [7, 11) is 3.38. The number of nitrogens with one attached hydrogen (secondary N) is 2. The number of nitrogens with zero attached hydrogens (tertiary/aromatic N) is 2. The molecule has 1 rings (SSSR count). The van der Waals surface area contributed by atoms with Gasteiger partial charge in [0.15, 0.2) is 0 Å². The van der Waals surface area contributed by atoms with Gasteiger partial charge >= 0.3 is 12.0 Å². The lowest BCUT2D eigenvalue weighted by atomic mass is 10.1. The number of methoxy groups -OCH3 is 1. The van der Waals surface area contributed by atoms with Crippen molar-refractivity contribution in [3.63, 3.8) is 0 Å². The molecule has 3 N–H and O–H groups in total. The standard InChI is InChI=1S/C13H22N4O4/c1-17-10(6-8-15-17)5-7-14-13(20)16-11(12(18)19)4-3-9-21-2/h6,8,11H,3-5,7,9H2,1-2H3,(H,18,19)(H2,14,16,20). The number of rotatable bonds is 9. The van der Waals surface area contributed by atoms with Crippen LogP contribution in [0.5, 0.6) is 0 Å². The summed E-state index contributed by atoms with van der Waals surface area (Å²) in [6.45, 7) is 0.878. The number of amides is 2. The summed E-state index contributed by atoms with van der Waals surface area (Å²) in [4.78, 5) is 22.7. The fourth-order valence-electron chi connectivity index (χ4n) is 1.85. The van der Waals surface area contributed by atoms with E-state index in [4.69, 9.17) is 9.84 Å². The third kappa shape index (κ3) is 6.26. The van der Waals surface area contributed by atoms with Crippen LogP contribution in [0.4, 0.5) is 4.79 Å². The van der Waals surface area contributed by atoms with Crippen molar-refractivity contribution in [3.8, 4) is 0 Å². The number of carbonyl (C=O) groups excluding carboxylic acids is 1. The highest BCUT2D eigenvalue weighted by Gasteiger charge is 2.19. The lowest BCUT2D eigenvalue weighted by Crippen LogP contribution is -2.46. The van der Waals surface area contributed by atoms with Crippen LogP contribution in [0.25, 0.3) is 0 Å². The fraction of sp³-hybridized carbons (Fsp3) is 0.615. The molecular formula is C13H22N4O4. The molecule has 8 nitrogen and oxygen atoms in total. The van der Waals surface area contributed by atoms with E-state index in [1.807, 2.05) is 13.1 Å². The van der Waals surface area contributed by atoms with Gasteiger partial charge in [-0.05, 0) is 18.9 Å². The number of hydrogen-bond acceptors (Lipinski definition) is 4. The van der Waals surface area contributed by atoms with E-state index < -0.39 is 18.0 Å². The summed E-state index contributed by atoms with van der Waals surface area (Å²) in [6.07, 6.45) is 3.22. The molecule has 2 amide bonds. The van der Waals surface area contributed by atoms with Crippen molar-refractivity contribution in [1.82, 2.24) is 20.4 Å². The van der Waals surface area contributed by atoms with Crippen LogP contribution in [-0.4, -0.2) is 53.2 Å². The van der Waals surface area contributed by atoms with Crippen molar-refractivity contribution in [1.29, 1.82) is 0 Å². The average Bonchev–Trinajstić information content (AvgIpc) is 2.83. The predicted molar refractivity (Wildman–Crippen MR) is 76.0 cm³/mol. The van der Waals surface area contributed by atoms with E-state index >= 15 is 0 Å². The predicted octanol–water partition coefficient (Wildman–Crippen LogP) is 0.142. The molecule has 118 valence electrons. The molecule has 0 fully saturated rings. The SMILES string of the molecule is COCCCC(NC(=O)NCCc1ccnn1C)C(=O)O. The third-order valence-corrected chi connectivity index (χ3v) is 3.03. The van der Waals surface area contributed by atoms with E-state index in [0.29, 0.717) is 32.4 Å². The van der Waals surface area contributed by atoms with Gasteiger partial charge in [-0.1, -0.05) is 0 Å². The minimum atomic E-state index is -1.05. The molecule has 0 aliphatic carbocycles. The Kier molecular flexibility index (Phi) is 7.24. The molecule has 0 saturated carbocycles. The van der Waals surface area contributed by atoms with E-state index in [-0.39, 0.29) is 0 Å². The smallest absolute Gasteiger partial charge is 0.326 e. The van der Waals surface area contributed by atoms with Crippen LogP contribution in [0.3, 0.4) is 0 Å². The molecule has 0 aromatic carbocycles. The first-order valence-electron chi connectivity index (χ1n) is 6.77. The number of carbonyl (C=O) groups is 2. The molecule has 0 spiro atoms. The summed E-state index contributed by atoms with van der Waals surface area (Å²) >= 11 is 0. The second-order valence-corrected chi connectivity index (χ2v) is 4.62. The summed E-state index contributed by atoms with van der Waals surface area (Å²) in [5, 5.41) is 18.1. The zero-order chi connectivity index (χ0) is 15.7. The van der Waals surface area contributed by atoms with Crippen LogP contribution in [-0.2, 0) is 23.0 Å². The molecule has 1 heterocycles. The van der Waals surface area contributed by atoms with Crippen molar-refractivity contribution in [3.05, 3.63) is 18.0 Å². The third-order valence-electron chi connectivity index (χ3n) is 3.03. The van der Waals surface area contributed by atoms with Gasteiger partial charge in [0.2, 0.25) is 0 Å². The van der Waals surface area contributed by atoms with Crippen molar-refractivity contribution < 1.29 is 19.4 Å². The van der Waals surface area contributed by atoms with Crippen molar-refractivity contribution in [2.75, 3.05) is 20.3 Å². The maximum atomic E-state index is 11.7. The molecule has 0 aliphatic rings. The zero-order valence-corrected chi connectivity index (χ0v) is 12.3. The van der Waals surface area contributed by atoms with E-state index in [2.05, 4.69) is 15.7 Å². The highest BCUT2D eigenvalue weighted by atomic mass is 16.5. The summed E-state index contributed by atoms with van der Waals surface area (Å²) in [5.41, 5.74) is 0.991. The van der Waals surface area contributed by atoms with Gasteiger partial charge in [-0.3, -0.25) is 4.68 Å². The Morgan fingerprint density at radius 3 is 2.86 bits per heavy atom. The Balaban J connectivity index is 2.29. The number of urea groups is 1. The van der Waals surface area contributed by atoms with Gasteiger partial charge in [-0.25, -0.2) is 9.59 Å². The number of carboxylic acids is 1. The first-order chi connectivity index (χ1) is 10.0. The average molecular weight is 298 g/mol. The highest BCUT2D eigenvalue weighted by molar-refractivity contribution is 5.82. The summed E-state index contributed by atoms with van der Waals surface area (Å²) in [6, 6.07) is 0.475. The second-order valence-electron chi connectivity index (χ2n) is 4.62. The largest absolute Gasteiger partial charge is 0.480 e. The van der Waals surface area contributed by atoms with Crippen molar-refractivity contribution >= 4 is 12.0 Å². The molecule has 1 aromatic rings. The highest BCUT2D eigenvalue weighted by Crippen LogP contribution is 1.99. The number of ether oxygens (including phenoxy) is 1. The summed E-state index contributed by atoms with van der Waals surface area (Å²) in [5.74, 6) is -1.05. The minimum absolute atomic E-state index is 0.332. The van der Waals surface area contributed by atoms with Crippen LogP contribution < -0.4 is 10.6 Å². The monoisotopic (exact) mass is 298 g/mol. The number of carboxylic acid groups (broad SMARTS) is 1. The first kappa shape index (κ1) is 17.0. The van der Waals surface area contributed by atoms with Gasteiger partial charge in [0, 0.05) is 45.6 Å². The van der Waals surface area contributed by atoms with Gasteiger partial charge in [0.05, 0.1) is 0 Å². The van der Waals surface area contributed by atoms with Crippen LogP contribution in [0, 0.1) is 0 Å². The van der Waals surface area contributed by atoms with Gasteiger partial charge in [0.25, 0.3) is 0 Å². The Morgan fingerprint density at radius 2 is 2.29 bits per heavy atom. The molecule has 8 heteroatoms. The van der Waals surface area contributed by atoms with Gasteiger partial charge < -0.3 is 20.5 Å². The molecule has 0 bridgehead atoms. The molecule has 1 unspecified atom stereocenters. The van der Waals surface area contributed by atoms with E-state index in [9.17, 15) is 9.59 Å². The Hall–Kier alpha value is -2.09. The Labute approximate surface area is 123 Å². The van der Waals surface area contributed by atoms with Gasteiger partial charge in [-0.15, -0.1) is 0 Å². The maximum Gasteiger partial charge on any atom is 0.326 e. The molecule has 0 aliphatic heterocycles. The van der Waals surface area contributed by atoms with E-state index in [0.717, 1.165) is 5.69 Å². The van der Waals surface area contributed by atoms with Crippen LogP contribution in [0.1, 0.15) is 18.5 Å². The second kappa shape index (κ2) is 8.96. The van der Waals surface area contributed by atoms with Crippen LogP contribution in [0.2, 0.25) is 0 Å². The molecule has 21 heavy (non-hydrogen) atoms. The number of aryl methyl sites for hydroxylation is 1. The maximum absolute atomic E-state index is 11.7. The Morgan fingerprint density at radius 1 is 1.52 bits per heavy atom. The minimum Gasteiger partial charge on any atom is -0.480 e. The molecule has 1 atom stereocenters. The molecule has 0 saturated heterocycles. The molecule has 1 aromatic heterocycles.